The van der Waals surface area contributed by atoms with Crippen molar-refractivity contribution in [2.24, 2.45) is 5.41 Å². The number of aryl methyl sites for hydroxylation is 1. The Kier molecular flexibility index (Phi) is 4.55. The van der Waals surface area contributed by atoms with Crippen molar-refractivity contribution in [3.63, 3.8) is 0 Å². The number of aromatic nitrogens is 1. The van der Waals surface area contributed by atoms with Gasteiger partial charge in [0, 0.05) is 19.2 Å². The summed E-state index contributed by atoms with van der Waals surface area (Å²) in [5.41, 5.74) is 2.27. The zero-order valence-electron chi connectivity index (χ0n) is 14.5. The quantitative estimate of drug-likeness (QED) is 0.859. The Morgan fingerprint density at radius 1 is 1.17 bits per heavy atom. The molecule has 1 aliphatic heterocycles. The van der Waals surface area contributed by atoms with Gasteiger partial charge in [-0.25, -0.2) is 0 Å². The lowest BCUT2D eigenvalue weighted by atomic mass is 9.87. The summed E-state index contributed by atoms with van der Waals surface area (Å²) in [5.74, 6) is 0.920. The van der Waals surface area contributed by atoms with Crippen LogP contribution in [0.2, 0.25) is 0 Å². The summed E-state index contributed by atoms with van der Waals surface area (Å²) in [6.07, 6.45) is 0.281. The van der Waals surface area contributed by atoms with E-state index >= 15 is 0 Å². The van der Waals surface area contributed by atoms with Crippen LogP contribution in [0.1, 0.15) is 43.9 Å². The van der Waals surface area contributed by atoms with Gasteiger partial charge in [0.1, 0.15) is 0 Å². The highest BCUT2D eigenvalue weighted by molar-refractivity contribution is 5.19. The monoisotopic (exact) mass is 314 g/mol. The van der Waals surface area contributed by atoms with Crippen LogP contribution in [0.25, 0.3) is 0 Å². The van der Waals surface area contributed by atoms with E-state index in [9.17, 15) is 0 Å². The number of ether oxygens (including phenoxy) is 1. The van der Waals surface area contributed by atoms with Gasteiger partial charge < -0.3 is 9.26 Å². The number of rotatable bonds is 3. The Balaban J connectivity index is 1.79. The summed E-state index contributed by atoms with van der Waals surface area (Å²) < 4.78 is 11.8. The average molecular weight is 314 g/mol. The summed E-state index contributed by atoms with van der Waals surface area (Å²) in [4.78, 5) is 2.41. The lowest BCUT2D eigenvalue weighted by molar-refractivity contribution is -0.131. The van der Waals surface area contributed by atoms with Gasteiger partial charge >= 0.3 is 0 Å². The third kappa shape index (κ3) is 4.01. The van der Waals surface area contributed by atoms with Crippen LogP contribution in [0.15, 0.2) is 40.9 Å². The maximum absolute atomic E-state index is 6.42. The fourth-order valence-corrected chi connectivity index (χ4v) is 3.00. The smallest absolute Gasteiger partial charge is 0.150 e. The van der Waals surface area contributed by atoms with E-state index in [1.165, 1.54) is 5.56 Å². The largest absolute Gasteiger partial charge is 0.367 e. The second-order valence-electron chi connectivity index (χ2n) is 7.52. The number of nitrogens with zero attached hydrogens (tertiary/aromatic N) is 2. The van der Waals surface area contributed by atoms with Gasteiger partial charge in [0.05, 0.1) is 24.4 Å². The summed E-state index contributed by atoms with van der Waals surface area (Å²) in [6.45, 7) is 11.2. The number of hydrogen-bond acceptors (Lipinski definition) is 4. The summed E-state index contributed by atoms with van der Waals surface area (Å²) in [5, 5.41) is 3.99. The van der Waals surface area contributed by atoms with E-state index in [1.807, 2.05) is 19.1 Å². The Bertz CT molecular complexity index is 630. The van der Waals surface area contributed by atoms with Crippen molar-refractivity contribution in [1.29, 1.82) is 0 Å². The maximum Gasteiger partial charge on any atom is 0.150 e. The standard InChI is InChI=1S/C19H26N2O2/c1-14-10-16(23-20-14)11-21-12-17(15-8-6-5-7-9-15)22-18(13-21)19(2,3)4/h5-10,17-18H,11-13H2,1-4H3/t17-,18+/m0/s1. The molecule has 1 saturated heterocycles. The molecule has 3 rings (SSSR count). The molecule has 23 heavy (non-hydrogen) atoms. The molecule has 4 nitrogen and oxygen atoms in total. The molecule has 2 atom stereocenters. The van der Waals surface area contributed by atoms with Gasteiger partial charge in [0.15, 0.2) is 5.76 Å². The molecule has 1 aromatic heterocycles. The minimum absolute atomic E-state index is 0.0955. The lowest BCUT2D eigenvalue weighted by Crippen LogP contribution is -2.48. The van der Waals surface area contributed by atoms with Crippen LogP contribution >= 0.6 is 0 Å². The SMILES string of the molecule is Cc1cc(CN2C[C@@H](c3ccccc3)O[C@@H](C(C)(C)C)C2)on1. The minimum atomic E-state index is 0.0955. The first-order valence-corrected chi connectivity index (χ1v) is 8.27. The third-order valence-electron chi connectivity index (χ3n) is 4.37. The highest BCUT2D eigenvalue weighted by Gasteiger charge is 2.35. The molecule has 1 fully saturated rings. The van der Waals surface area contributed by atoms with Crippen molar-refractivity contribution in [1.82, 2.24) is 10.1 Å². The molecule has 0 unspecified atom stereocenters. The van der Waals surface area contributed by atoms with E-state index in [0.717, 1.165) is 31.1 Å². The molecule has 2 aromatic rings. The molecule has 0 saturated carbocycles. The van der Waals surface area contributed by atoms with Gasteiger partial charge in [-0.1, -0.05) is 56.3 Å². The van der Waals surface area contributed by atoms with Crippen LogP contribution in [-0.2, 0) is 11.3 Å². The van der Waals surface area contributed by atoms with Crippen LogP contribution in [0.3, 0.4) is 0 Å². The van der Waals surface area contributed by atoms with Crippen molar-refractivity contribution in [3.8, 4) is 0 Å². The summed E-state index contributed by atoms with van der Waals surface area (Å²) >= 11 is 0. The maximum atomic E-state index is 6.42. The first-order valence-electron chi connectivity index (χ1n) is 8.27. The van der Waals surface area contributed by atoms with Crippen molar-refractivity contribution in [3.05, 3.63) is 53.4 Å². The highest BCUT2D eigenvalue weighted by Crippen LogP contribution is 2.34. The molecule has 0 radical (unpaired) electrons. The fraction of sp³-hybridized carbons (Fsp3) is 0.526. The van der Waals surface area contributed by atoms with E-state index in [0.29, 0.717) is 0 Å². The van der Waals surface area contributed by atoms with E-state index in [4.69, 9.17) is 9.26 Å². The molecule has 0 aliphatic carbocycles. The molecule has 0 N–H and O–H groups in total. The van der Waals surface area contributed by atoms with E-state index in [2.05, 4.69) is 55.1 Å². The second kappa shape index (κ2) is 6.46. The molecule has 0 bridgehead atoms. The Labute approximate surface area is 138 Å². The van der Waals surface area contributed by atoms with Crippen LogP contribution in [-0.4, -0.2) is 29.3 Å². The molecule has 4 heteroatoms. The summed E-state index contributed by atoms with van der Waals surface area (Å²) in [7, 11) is 0. The van der Waals surface area contributed by atoms with E-state index < -0.39 is 0 Å². The topological polar surface area (TPSA) is 38.5 Å². The molecule has 124 valence electrons. The number of hydrogen-bond donors (Lipinski definition) is 0. The van der Waals surface area contributed by atoms with Gasteiger partial charge in [-0.15, -0.1) is 0 Å². The van der Waals surface area contributed by atoms with Gasteiger partial charge in [0.2, 0.25) is 0 Å². The van der Waals surface area contributed by atoms with Gasteiger partial charge in [-0.2, -0.15) is 0 Å². The molecule has 2 heterocycles. The second-order valence-corrected chi connectivity index (χ2v) is 7.52. The number of morpholine rings is 1. The van der Waals surface area contributed by atoms with E-state index in [-0.39, 0.29) is 17.6 Å². The molecular weight excluding hydrogens is 288 g/mol. The molecule has 1 aromatic carbocycles. The first kappa shape index (κ1) is 16.2. The predicted molar refractivity (Wildman–Crippen MR) is 90.0 cm³/mol. The third-order valence-corrected chi connectivity index (χ3v) is 4.37. The van der Waals surface area contributed by atoms with Crippen LogP contribution < -0.4 is 0 Å². The number of benzene rings is 1. The van der Waals surface area contributed by atoms with Crippen molar-refractivity contribution >= 4 is 0 Å². The van der Waals surface area contributed by atoms with E-state index in [1.54, 1.807) is 0 Å². The Morgan fingerprint density at radius 2 is 1.91 bits per heavy atom. The van der Waals surface area contributed by atoms with Crippen LogP contribution in [0.4, 0.5) is 0 Å². The molecule has 0 spiro atoms. The van der Waals surface area contributed by atoms with Crippen molar-refractivity contribution < 1.29 is 9.26 Å². The predicted octanol–water partition coefficient (Wildman–Crippen LogP) is 3.97. The fourth-order valence-electron chi connectivity index (χ4n) is 3.00. The molecular formula is C19H26N2O2. The van der Waals surface area contributed by atoms with Crippen LogP contribution in [0.5, 0.6) is 0 Å². The highest BCUT2D eigenvalue weighted by atomic mass is 16.5. The Hall–Kier alpha value is -1.65. The zero-order chi connectivity index (χ0) is 16.4. The van der Waals surface area contributed by atoms with Gasteiger partial charge in [-0.05, 0) is 17.9 Å². The Morgan fingerprint density at radius 3 is 2.52 bits per heavy atom. The first-order chi connectivity index (χ1) is 10.9. The molecule has 0 amide bonds. The minimum Gasteiger partial charge on any atom is -0.367 e. The van der Waals surface area contributed by atoms with Crippen molar-refractivity contribution in [2.45, 2.75) is 46.4 Å². The van der Waals surface area contributed by atoms with Crippen molar-refractivity contribution in [2.75, 3.05) is 13.1 Å². The van der Waals surface area contributed by atoms with Gasteiger partial charge in [0.25, 0.3) is 0 Å². The lowest BCUT2D eigenvalue weighted by Gasteiger charge is -2.43. The van der Waals surface area contributed by atoms with Gasteiger partial charge in [-0.3, -0.25) is 4.90 Å². The average Bonchev–Trinajstić information content (AvgIpc) is 2.92. The molecule has 1 aliphatic rings. The summed E-state index contributed by atoms with van der Waals surface area (Å²) in [6, 6.07) is 12.5. The zero-order valence-corrected chi connectivity index (χ0v) is 14.5. The van der Waals surface area contributed by atoms with Crippen LogP contribution in [0, 0.1) is 12.3 Å². The normalized spacial score (nSPS) is 23.1.